The van der Waals surface area contributed by atoms with Crippen LogP contribution >= 0.6 is 0 Å². The van der Waals surface area contributed by atoms with Gasteiger partial charge in [-0.25, -0.2) is 0 Å². The molecule has 8 heteroatoms. The summed E-state index contributed by atoms with van der Waals surface area (Å²) in [5.74, 6) is 0. The SMILES string of the molecule is N#CC1(N=NC2(C#N)CCCCC2)CCCCC1.N#CC1(N=NC2(C#N)CCCCC2)CCCCC1. The maximum atomic E-state index is 9.34. The summed E-state index contributed by atoms with van der Waals surface area (Å²) in [6, 6.07) is 9.31. The van der Waals surface area contributed by atoms with Crippen LogP contribution in [0.4, 0.5) is 0 Å². The molecule has 4 aliphatic carbocycles. The van der Waals surface area contributed by atoms with Crippen molar-refractivity contribution in [2.24, 2.45) is 20.5 Å². The zero-order chi connectivity index (χ0) is 25.8. The first-order chi connectivity index (χ1) is 17.5. The summed E-state index contributed by atoms with van der Waals surface area (Å²) >= 11 is 0. The number of nitrogens with zero attached hydrogens (tertiary/aromatic N) is 8. The normalized spacial score (nSPS) is 26.3. The van der Waals surface area contributed by atoms with Gasteiger partial charge in [0.1, 0.15) is 0 Å². The summed E-state index contributed by atoms with van der Waals surface area (Å²) in [6.45, 7) is 0. The van der Waals surface area contributed by atoms with Gasteiger partial charge in [-0.3, -0.25) is 0 Å². The number of hydrogen-bond donors (Lipinski definition) is 0. The lowest BCUT2D eigenvalue weighted by Gasteiger charge is -2.29. The van der Waals surface area contributed by atoms with Gasteiger partial charge in [0, 0.05) is 0 Å². The van der Waals surface area contributed by atoms with E-state index in [1.807, 2.05) is 0 Å². The summed E-state index contributed by atoms with van der Waals surface area (Å²) in [5, 5.41) is 54.7. The van der Waals surface area contributed by atoms with E-state index in [0.717, 1.165) is 103 Å². The molecule has 0 bridgehead atoms. The van der Waals surface area contributed by atoms with E-state index >= 15 is 0 Å². The molecule has 0 aromatic heterocycles. The average Bonchev–Trinajstić information content (AvgIpc) is 2.97. The molecule has 0 unspecified atom stereocenters. The van der Waals surface area contributed by atoms with Crippen molar-refractivity contribution in [3.8, 4) is 24.3 Å². The average molecular weight is 489 g/mol. The molecule has 4 rings (SSSR count). The third-order valence-corrected chi connectivity index (χ3v) is 8.42. The van der Waals surface area contributed by atoms with Crippen LogP contribution in [0.3, 0.4) is 0 Å². The van der Waals surface area contributed by atoms with E-state index in [-0.39, 0.29) is 0 Å². The number of azo groups is 2. The predicted octanol–water partition coefficient (Wildman–Crippen LogP) is 7.78. The van der Waals surface area contributed by atoms with E-state index in [9.17, 15) is 21.0 Å². The molecular weight excluding hydrogens is 448 g/mol. The standard InChI is InChI=1S/2C14H20N4/c2*15-11-13(7-3-1-4-8-13)17-18-14(12-16)9-5-2-6-10-14/h2*1-10H2. The molecule has 0 saturated heterocycles. The van der Waals surface area contributed by atoms with E-state index in [0.29, 0.717) is 0 Å². The Morgan fingerprint density at radius 2 is 0.472 bits per heavy atom. The molecule has 192 valence electrons. The fraction of sp³-hybridized carbons (Fsp3) is 0.857. The van der Waals surface area contributed by atoms with Crippen LogP contribution in [0.5, 0.6) is 0 Å². The minimum absolute atomic E-state index is 0.639. The first-order valence-corrected chi connectivity index (χ1v) is 14.0. The monoisotopic (exact) mass is 488 g/mol. The highest BCUT2D eigenvalue weighted by atomic mass is 15.2. The van der Waals surface area contributed by atoms with Crippen LogP contribution in [0.15, 0.2) is 20.5 Å². The van der Waals surface area contributed by atoms with Crippen molar-refractivity contribution in [3.63, 3.8) is 0 Å². The Kier molecular flexibility index (Phi) is 9.96. The van der Waals surface area contributed by atoms with Gasteiger partial charge < -0.3 is 0 Å². The molecule has 0 atom stereocenters. The van der Waals surface area contributed by atoms with E-state index in [1.54, 1.807) is 0 Å². The van der Waals surface area contributed by atoms with Crippen molar-refractivity contribution in [2.45, 2.75) is 151 Å². The molecule has 4 fully saturated rings. The number of hydrogen-bond acceptors (Lipinski definition) is 8. The lowest BCUT2D eigenvalue weighted by molar-refractivity contribution is 0.310. The van der Waals surface area contributed by atoms with Gasteiger partial charge >= 0.3 is 0 Å². The molecule has 8 nitrogen and oxygen atoms in total. The molecule has 0 aromatic rings. The summed E-state index contributed by atoms with van der Waals surface area (Å²) < 4.78 is 0. The predicted molar refractivity (Wildman–Crippen MR) is 135 cm³/mol. The smallest absolute Gasteiger partial charge is 0.167 e. The minimum Gasteiger partial charge on any atom is -0.196 e. The Bertz CT molecular complexity index is 776. The first kappa shape index (κ1) is 27.7. The summed E-state index contributed by atoms with van der Waals surface area (Å²) in [5.41, 5.74) is -2.56. The van der Waals surface area contributed by atoms with Crippen LogP contribution < -0.4 is 0 Å². The van der Waals surface area contributed by atoms with Gasteiger partial charge in [0.2, 0.25) is 0 Å². The lowest BCUT2D eigenvalue weighted by Crippen LogP contribution is -2.31. The third kappa shape index (κ3) is 7.11. The second kappa shape index (κ2) is 12.9. The third-order valence-electron chi connectivity index (χ3n) is 8.42. The summed E-state index contributed by atoms with van der Waals surface area (Å²) in [4.78, 5) is 0. The molecule has 0 aliphatic heterocycles. The molecule has 0 aromatic carbocycles. The topological polar surface area (TPSA) is 145 Å². The second-order valence-corrected chi connectivity index (χ2v) is 11.2. The van der Waals surface area contributed by atoms with Crippen LogP contribution in [0.1, 0.15) is 128 Å². The highest BCUT2D eigenvalue weighted by molar-refractivity contribution is 5.13. The molecular formula is C28H40N8. The molecule has 0 radical (unpaired) electrons. The summed E-state index contributed by atoms with van der Waals surface area (Å²) in [6.07, 6.45) is 19.5. The summed E-state index contributed by atoms with van der Waals surface area (Å²) in [7, 11) is 0. The quantitative estimate of drug-likeness (QED) is 0.372. The van der Waals surface area contributed by atoms with Gasteiger partial charge in [0.05, 0.1) is 24.3 Å². The van der Waals surface area contributed by atoms with E-state index in [1.165, 1.54) is 25.7 Å². The van der Waals surface area contributed by atoms with Gasteiger partial charge in [0.25, 0.3) is 0 Å². The molecule has 0 heterocycles. The van der Waals surface area contributed by atoms with E-state index in [2.05, 4.69) is 44.7 Å². The van der Waals surface area contributed by atoms with Crippen molar-refractivity contribution in [2.75, 3.05) is 0 Å². The van der Waals surface area contributed by atoms with Crippen molar-refractivity contribution in [1.29, 1.82) is 21.0 Å². The van der Waals surface area contributed by atoms with Crippen molar-refractivity contribution in [3.05, 3.63) is 0 Å². The highest BCUT2D eigenvalue weighted by Crippen LogP contribution is 2.37. The van der Waals surface area contributed by atoms with Gasteiger partial charge in [-0.05, 0) is 103 Å². The van der Waals surface area contributed by atoms with Crippen LogP contribution in [-0.4, -0.2) is 22.2 Å². The van der Waals surface area contributed by atoms with Gasteiger partial charge in [0.15, 0.2) is 22.2 Å². The molecule has 4 saturated carbocycles. The van der Waals surface area contributed by atoms with Crippen LogP contribution in [-0.2, 0) is 0 Å². The fourth-order valence-electron chi connectivity index (χ4n) is 5.87. The Labute approximate surface area is 216 Å². The molecule has 0 amide bonds. The largest absolute Gasteiger partial charge is 0.196 e. The zero-order valence-electron chi connectivity index (χ0n) is 21.7. The van der Waals surface area contributed by atoms with E-state index < -0.39 is 22.2 Å². The van der Waals surface area contributed by atoms with Crippen molar-refractivity contribution in [1.82, 2.24) is 0 Å². The maximum Gasteiger partial charge on any atom is 0.167 e. The van der Waals surface area contributed by atoms with Gasteiger partial charge in [-0.2, -0.15) is 41.5 Å². The Morgan fingerprint density at radius 3 is 0.611 bits per heavy atom. The van der Waals surface area contributed by atoms with Crippen LogP contribution in [0, 0.1) is 45.3 Å². The lowest BCUT2D eigenvalue weighted by atomic mass is 9.82. The van der Waals surface area contributed by atoms with Crippen LogP contribution in [0.25, 0.3) is 0 Å². The first-order valence-electron chi connectivity index (χ1n) is 14.0. The van der Waals surface area contributed by atoms with Crippen molar-refractivity contribution >= 4 is 0 Å². The second-order valence-electron chi connectivity index (χ2n) is 11.2. The van der Waals surface area contributed by atoms with E-state index in [4.69, 9.17) is 0 Å². The Hall–Kier alpha value is -2.84. The molecule has 36 heavy (non-hydrogen) atoms. The highest BCUT2D eigenvalue weighted by Gasteiger charge is 2.38. The minimum atomic E-state index is -0.639. The molecule has 0 N–H and O–H groups in total. The van der Waals surface area contributed by atoms with Crippen LogP contribution in [0.2, 0.25) is 0 Å². The number of rotatable bonds is 4. The maximum absolute atomic E-state index is 9.34. The Balaban J connectivity index is 0.000000201. The van der Waals surface area contributed by atoms with Gasteiger partial charge in [-0.15, -0.1) is 0 Å². The molecule has 0 spiro atoms. The Morgan fingerprint density at radius 1 is 0.306 bits per heavy atom. The van der Waals surface area contributed by atoms with Crippen molar-refractivity contribution < 1.29 is 0 Å². The fourth-order valence-corrected chi connectivity index (χ4v) is 5.87. The van der Waals surface area contributed by atoms with Gasteiger partial charge in [-0.1, -0.05) is 25.7 Å². The number of nitriles is 4. The molecule has 4 aliphatic rings. The zero-order valence-corrected chi connectivity index (χ0v) is 21.7.